The second-order valence-corrected chi connectivity index (χ2v) is 5.66. The van der Waals surface area contributed by atoms with E-state index >= 15 is 0 Å². The van der Waals surface area contributed by atoms with Crippen LogP contribution >= 0.6 is 12.2 Å². The number of halogens is 2. The van der Waals surface area contributed by atoms with Crippen molar-refractivity contribution in [3.05, 3.63) is 59.8 Å². The van der Waals surface area contributed by atoms with E-state index in [1.165, 1.54) is 24.1 Å². The Bertz CT molecular complexity index is 869. The number of thiocarbonyl (C=S) groups is 1. The molecule has 0 saturated carbocycles. The lowest BCUT2D eigenvalue weighted by Gasteiger charge is -2.14. The number of hydrogen-bond acceptors (Lipinski definition) is 4. The molecule has 1 saturated heterocycles. The molecule has 1 amide bonds. The van der Waals surface area contributed by atoms with Crippen LogP contribution in [0, 0.1) is 0 Å². The lowest BCUT2D eigenvalue weighted by Crippen LogP contribution is -2.30. The van der Waals surface area contributed by atoms with Crippen molar-refractivity contribution in [1.82, 2.24) is 5.32 Å². The Balaban J connectivity index is 1.82. The number of methoxy groups -OCH3 is 1. The average molecular weight is 376 g/mol. The number of hydrogen-bond donors (Lipinski definition) is 1. The summed E-state index contributed by atoms with van der Waals surface area (Å²) in [5.41, 5.74) is 1.49. The zero-order valence-corrected chi connectivity index (χ0v) is 14.4. The summed E-state index contributed by atoms with van der Waals surface area (Å²) in [6.45, 7) is -2.88. The molecule has 1 fully saturated rings. The molecular formula is C18H14F2N2O3S. The second kappa shape index (κ2) is 7.49. The zero-order valence-electron chi connectivity index (χ0n) is 13.6. The molecule has 3 rings (SSSR count). The molecule has 2 aromatic carbocycles. The average Bonchev–Trinajstić information content (AvgIpc) is 2.90. The number of anilines is 1. The molecule has 1 aliphatic heterocycles. The highest BCUT2D eigenvalue weighted by Gasteiger charge is 2.32. The minimum Gasteiger partial charge on any atom is -0.497 e. The standard InChI is InChI=1S/C18H14F2N2O3S/c1-24-14-4-2-3-12(10-14)22-16(23)15(21-18(22)26)9-11-5-7-13(8-6-11)25-17(19)20/h2-10,17H,1H3,(H,21,26)/b15-9+. The van der Waals surface area contributed by atoms with Crippen LogP contribution in [0.5, 0.6) is 11.5 Å². The van der Waals surface area contributed by atoms with Gasteiger partial charge in [0.05, 0.1) is 12.8 Å². The van der Waals surface area contributed by atoms with Gasteiger partial charge in [-0.1, -0.05) is 18.2 Å². The van der Waals surface area contributed by atoms with Crippen molar-refractivity contribution in [1.29, 1.82) is 0 Å². The predicted molar refractivity (Wildman–Crippen MR) is 97.3 cm³/mol. The summed E-state index contributed by atoms with van der Waals surface area (Å²) < 4.78 is 33.8. The van der Waals surface area contributed by atoms with E-state index in [0.717, 1.165) is 0 Å². The van der Waals surface area contributed by atoms with Gasteiger partial charge in [0.2, 0.25) is 0 Å². The summed E-state index contributed by atoms with van der Waals surface area (Å²) in [5, 5.41) is 3.10. The van der Waals surface area contributed by atoms with Crippen LogP contribution < -0.4 is 19.7 Å². The first kappa shape index (κ1) is 17.8. The first-order chi connectivity index (χ1) is 12.5. The number of rotatable bonds is 5. The molecule has 0 spiro atoms. The molecule has 134 valence electrons. The molecule has 1 heterocycles. The minimum absolute atomic E-state index is 0.0429. The van der Waals surface area contributed by atoms with Crippen molar-refractivity contribution in [3.63, 3.8) is 0 Å². The SMILES string of the molecule is COc1cccc(N2C(=O)/C(=C\c3ccc(OC(F)F)cc3)NC2=S)c1. The van der Waals surface area contributed by atoms with Gasteiger partial charge in [-0.3, -0.25) is 9.69 Å². The van der Waals surface area contributed by atoms with Gasteiger partial charge in [-0.25, -0.2) is 0 Å². The highest BCUT2D eigenvalue weighted by Crippen LogP contribution is 2.26. The summed E-state index contributed by atoms with van der Waals surface area (Å²) in [4.78, 5) is 14.0. The zero-order chi connectivity index (χ0) is 18.7. The Kier molecular flexibility index (Phi) is 5.13. The van der Waals surface area contributed by atoms with Crippen molar-refractivity contribution >= 4 is 35.0 Å². The Morgan fingerprint density at radius 3 is 2.54 bits per heavy atom. The summed E-state index contributed by atoms with van der Waals surface area (Å²) in [6, 6.07) is 12.9. The number of carbonyl (C=O) groups is 1. The molecule has 8 heteroatoms. The van der Waals surface area contributed by atoms with E-state index in [1.807, 2.05) is 0 Å². The lowest BCUT2D eigenvalue weighted by atomic mass is 10.2. The van der Waals surface area contributed by atoms with Crippen LogP contribution in [0.4, 0.5) is 14.5 Å². The van der Waals surface area contributed by atoms with E-state index < -0.39 is 6.61 Å². The summed E-state index contributed by atoms with van der Waals surface area (Å²) >= 11 is 5.25. The van der Waals surface area contributed by atoms with Crippen molar-refractivity contribution in [2.45, 2.75) is 6.61 Å². The van der Waals surface area contributed by atoms with Crippen molar-refractivity contribution in [3.8, 4) is 11.5 Å². The number of alkyl halides is 2. The number of carbonyl (C=O) groups excluding carboxylic acids is 1. The number of nitrogens with zero attached hydrogens (tertiary/aromatic N) is 1. The van der Waals surface area contributed by atoms with E-state index in [9.17, 15) is 13.6 Å². The maximum atomic E-state index is 12.7. The van der Waals surface area contributed by atoms with Crippen LogP contribution in [-0.2, 0) is 4.79 Å². The molecule has 0 radical (unpaired) electrons. The monoisotopic (exact) mass is 376 g/mol. The van der Waals surface area contributed by atoms with Crippen LogP contribution in [0.2, 0.25) is 0 Å². The van der Waals surface area contributed by atoms with Gasteiger partial charge in [0, 0.05) is 6.07 Å². The maximum absolute atomic E-state index is 12.7. The van der Waals surface area contributed by atoms with Gasteiger partial charge >= 0.3 is 6.61 Å². The third-order valence-electron chi connectivity index (χ3n) is 3.61. The van der Waals surface area contributed by atoms with Gasteiger partial charge in [-0.15, -0.1) is 0 Å². The van der Waals surface area contributed by atoms with Crippen LogP contribution in [0.3, 0.4) is 0 Å². The van der Waals surface area contributed by atoms with Crippen molar-refractivity contribution in [2.75, 3.05) is 12.0 Å². The number of benzene rings is 2. The largest absolute Gasteiger partial charge is 0.497 e. The quantitative estimate of drug-likeness (QED) is 0.639. The fourth-order valence-electron chi connectivity index (χ4n) is 2.43. The molecule has 5 nitrogen and oxygen atoms in total. The van der Waals surface area contributed by atoms with Gasteiger partial charge in [0.1, 0.15) is 17.2 Å². The van der Waals surface area contributed by atoms with Crippen LogP contribution in [0.1, 0.15) is 5.56 Å². The Hall–Kier alpha value is -3.00. The maximum Gasteiger partial charge on any atom is 0.387 e. The normalized spacial score (nSPS) is 15.5. The van der Waals surface area contributed by atoms with Gasteiger partial charge in [-0.05, 0) is 48.1 Å². The first-order valence-corrected chi connectivity index (χ1v) is 7.95. The van der Waals surface area contributed by atoms with Gasteiger partial charge in [0.15, 0.2) is 5.11 Å². The molecule has 1 aliphatic rings. The lowest BCUT2D eigenvalue weighted by molar-refractivity contribution is -0.113. The molecule has 0 atom stereocenters. The molecule has 0 aliphatic carbocycles. The fourth-order valence-corrected chi connectivity index (χ4v) is 2.73. The van der Waals surface area contributed by atoms with E-state index in [2.05, 4.69) is 10.1 Å². The Morgan fingerprint density at radius 2 is 1.88 bits per heavy atom. The summed E-state index contributed by atoms with van der Waals surface area (Å²) in [5.74, 6) is 0.322. The molecular weight excluding hydrogens is 362 g/mol. The van der Waals surface area contributed by atoms with E-state index in [1.54, 1.807) is 42.5 Å². The Morgan fingerprint density at radius 1 is 1.15 bits per heavy atom. The van der Waals surface area contributed by atoms with Gasteiger partial charge in [-0.2, -0.15) is 8.78 Å². The third-order valence-corrected chi connectivity index (χ3v) is 3.89. The van der Waals surface area contributed by atoms with Crippen LogP contribution in [-0.4, -0.2) is 24.7 Å². The summed E-state index contributed by atoms with van der Waals surface area (Å²) in [7, 11) is 1.54. The highest BCUT2D eigenvalue weighted by atomic mass is 32.1. The smallest absolute Gasteiger partial charge is 0.387 e. The number of nitrogens with one attached hydrogen (secondary N) is 1. The summed E-state index contributed by atoms with van der Waals surface area (Å²) in [6.07, 6.45) is 1.58. The van der Waals surface area contributed by atoms with Crippen molar-refractivity contribution in [2.24, 2.45) is 0 Å². The molecule has 1 N–H and O–H groups in total. The second-order valence-electron chi connectivity index (χ2n) is 5.28. The van der Waals surface area contributed by atoms with Gasteiger partial charge < -0.3 is 14.8 Å². The fraction of sp³-hybridized carbons (Fsp3) is 0.111. The topological polar surface area (TPSA) is 50.8 Å². The van der Waals surface area contributed by atoms with Gasteiger partial charge in [0.25, 0.3) is 5.91 Å². The molecule has 0 unspecified atom stereocenters. The van der Waals surface area contributed by atoms with E-state index in [0.29, 0.717) is 17.0 Å². The Labute approximate surface area is 153 Å². The van der Waals surface area contributed by atoms with Crippen molar-refractivity contribution < 1.29 is 23.0 Å². The third kappa shape index (κ3) is 3.80. The first-order valence-electron chi connectivity index (χ1n) is 7.54. The number of amides is 1. The predicted octanol–water partition coefficient (Wildman–Crippen LogP) is 3.56. The molecule has 0 bridgehead atoms. The molecule has 2 aromatic rings. The number of ether oxygens (including phenoxy) is 2. The minimum atomic E-state index is -2.88. The van der Waals surface area contributed by atoms with E-state index in [4.69, 9.17) is 17.0 Å². The molecule has 0 aromatic heterocycles. The van der Waals surface area contributed by atoms with Crippen LogP contribution in [0.15, 0.2) is 54.2 Å². The van der Waals surface area contributed by atoms with Crippen LogP contribution in [0.25, 0.3) is 6.08 Å². The molecule has 26 heavy (non-hydrogen) atoms. The van der Waals surface area contributed by atoms with E-state index in [-0.39, 0.29) is 22.5 Å². The highest BCUT2D eigenvalue weighted by molar-refractivity contribution is 7.80.